The van der Waals surface area contributed by atoms with E-state index >= 15 is 0 Å². The molecule has 7 nitrogen and oxygen atoms in total. The average Bonchev–Trinajstić information content (AvgIpc) is 2.81. The molecule has 0 saturated heterocycles. The quantitative estimate of drug-likeness (QED) is 0.263. The maximum absolute atomic E-state index is 13.4. The average molecular weight is 599 g/mol. The molecule has 184 valence electrons. The highest BCUT2D eigenvalue weighted by atomic mass is 79.9. The van der Waals surface area contributed by atoms with Gasteiger partial charge in [0.2, 0.25) is 10.0 Å². The molecule has 11 heteroatoms. The number of nitrogens with zero attached hydrogens (tertiary/aromatic N) is 2. The molecule has 0 bridgehead atoms. The standard InChI is InChI=1S/C24H22BrCl2N3O4S/c1-16-6-9-19(10-7-16)35(32,33)30(14-20-21(26)4-3-5-22(20)27)15-24(31)29-28-13-17-12-18(25)8-11-23(17)34-2/h3-13H,14-15H2,1-2H3,(H,29,31)/b28-13-. The van der Waals surface area contributed by atoms with Crippen molar-refractivity contribution < 1.29 is 17.9 Å². The maximum Gasteiger partial charge on any atom is 0.255 e. The number of nitrogens with one attached hydrogen (secondary N) is 1. The van der Waals surface area contributed by atoms with E-state index in [1.807, 2.05) is 13.0 Å². The van der Waals surface area contributed by atoms with E-state index in [1.165, 1.54) is 25.5 Å². The van der Waals surface area contributed by atoms with Gasteiger partial charge in [-0.3, -0.25) is 4.79 Å². The Labute approximate surface area is 222 Å². The largest absolute Gasteiger partial charge is 0.496 e. The molecule has 0 spiro atoms. The third-order valence-electron chi connectivity index (χ3n) is 4.96. The molecule has 0 aliphatic heterocycles. The molecule has 0 aliphatic carbocycles. The third-order valence-corrected chi connectivity index (χ3v) is 7.97. The van der Waals surface area contributed by atoms with Gasteiger partial charge in [0.1, 0.15) is 5.75 Å². The van der Waals surface area contributed by atoms with Crippen molar-refractivity contribution >= 4 is 61.3 Å². The Bertz CT molecular complexity index is 1330. The van der Waals surface area contributed by atoms with E-state index in [2.05, 4.69) is 26.5 Å². The van der Waals surface area contributed by atoms with Crippen LogP contribution in [-0.2, 0) is 21.4 Å². The van der Waals surface area contributed by atoms with Gasteiger partial charge in [-0.15, -0.1) is 0 Å². The number of carbonyl (C=O) groups is 1. The SMILES string of the molecule is COc1ccc(Br)cc1/C=N\NC(=O)CN(Cc1c(Cl)cccc1Cl)S(=O)(=O)c1ccc(C)cc1. The highest BCUT2D eigenvalue weighted by Crippen LogP contribution is 2.28. The highest BCUT2D eigenvalue weighted by molar-refractivity contribution is 9.10. The van der Waals surface area contributed by atoms with Crippen LogP contribution in [0, 0.1) is 6.92 Å². The van der Waals surface area contributed by atoms with Crippen LogP contribution in [0.25, 0.3) is 0 Å². The summed E-state index contributed by atoms with van der Waals surface area (Å²) in [5.74, 6) is -0.0859. The van der Waals surface area contributed by atoms with Gasteiger partial charge in [-0.05, 0) is 49.4 Å². The number of carbonyl (C=O) groups excluding carboxylic acids is 1. The van der Waals surface area contributed by atoms with Crippen LogP contribution in [0.1, 0.15) is 16.7 Å². The minimum absolute atomic E-state index is 0.0430. The van der Waals surface area contributed by atoms with Crippen LogP contribution in [0.4, 0.5) is 0 Å². The van der Waals surface area contributed by atoms with Gasteiger partial charge in [0.25, 0.3) is 5.91 Å². The van der Waals surface area contributed by atoms with E-state index in [-0.39, 0.29) is 11.4 Å². The predicted octanol–water partition coefficient (Wildman–Crippen LogP) is 5.41. The molecule has 3 aromatic rings. The first-order chi connectivity index (χ1) is 16.6. The molecule has 0 unspecified atom stereocenters. The summed E-state index contributed by atoms with van der Waals surface area (Å²) < 4.78 is 33.9. The summed E-state index contributed by atoms with van der Waals surface area (Å²) in [5, 5.41) is 4.54. The van der Waals surface area contributed by atoms with Gasteiger partial charge in [-0.2, -0.15) is 9.41 Å². The maximum atomic E-state index is 13.4. The van der Waals surface area contributed by atoms with Crippen LogP contribution < -0.4 is 10.2 Å². The molecule has 3 aromatic carbocycles. The number of hydrogen-bond acceptors (Lipinski definition) is 5. The minimum atomic E-state index is -4.06. The first-order valence-corrected chi connectivity index (χ1v) is 13.3. The van der Waals surface area contributed by atoms with Crippen LogP contribution in [-0.4, -0.2) is 38.5 Å². The van der Waals surface area contributed by atoms with Crippen molar-refractivity contribution in [1.82, 2.24) is 9.73 Å². The van der Waals surface area contributed by atoms with Gasteiger partial charge in [-0.25, -0.2) is 13.8 Å². The Morgan fingerprint density at radius 1 is 1.11 bits per heavy atom. The molecule has 1 amide bonds. The summed E-state index contributed by atoms with van der Waals surface area (Å²) in [7, 11) is -2.54. The molecule has 0 aromatic heterocycles. The van der Waals surface area contributed by atoms with Crippen molar-refractivity contribution in [3.8, 4) is 5.75 Å². The molecule has 0 atom stereocenters. The molecule has 0 aliphatic rings. The van der Waals surface area contributed by atoms with E-state index in [0.29, 0.717) is 26.9 Å². The summed E-state index contributed by atoms with van der Waals surface area (Å²) >= 11 is 15.9. The number of amides is 1. The number of ether oxygens (including phenoxy) is 1. The lowest BCUT2D eigenvalue weighted by Gasteiger charge is -2.22. The van der Waals surface area contributed by atoms with Gasteiger partial charge in [-0.1, -0.05) is 62.9 Å². The number of halogens is 3. The fourth-order valence-electron chi connectivity index (χ4n) is 3.12. The van der Waals surface area contributed by atoms with Gasteiger partial charge < -0.3 is 4.74 Å². The highest BCUT2D eigenvalue weighted by Gasteiger charge is 2.28. The van der Waals surface area contributed by atoms with Crippen LogP contribution >= 0.6 is 39.1 Å². The summed E-state index contributed by atoms with van der Waals surface area (Å²) in [6, 6.07) is 16.5. The zero-order valence-electron chi connectivity index (χ0n) is 18.8. The minimum Gasteiger partial charge on any atom is -0.496 e. The van der Waals surface area contributed by atoms with Gasteiger partial charge >= 0.3 is 0 Å². The summed E-state index contributed by atoms with van der Waals surface area (Å²) in [4.78, 5) is 12.8. The van der Waals surface area contributed by atoms with E-state index in [4.69, 9.17) is 27.9 Å². The number of hydrazone groups is 1. The fourth-order valence-corrected chi connectivity index (χ4v) is 5.38. The Morgan fingerprint density at radius 3 is 2.40 bits per heavy atom. The van der Waals surface area contributed by atoms with E-state index in [9.17, 15) is 13.2 Å². The molecular weight excluding hydrogens is 577 g/mol. The topological polar surface area (TPSA) is 88.1 Å². The first-order valence-electron chi connectivity index (χ1n) is 10.3. The van der Waals surface area contributed by atoms with Crippen molar-refractivity contribution in [2.45, 2.75) is 18.4 Å². The van der Waals surface area contributed by atoms with Crippen LogP contribution in [0.15, 0.2) is 75.1 Å². The van der Waals surface area contributed by atoms with E-state index in [1.54, 1.807) is 42.5 Å². The molecule has 0 saturated carbocycles. The Balaban J connectivity index is 1.86. The van der Waals surface area contributed by atoms with Crippen molar-refractivity contribution in [3.05, 3.63) is 91.9 Å². The van der Waals surface area contributed by atoms with Gasteiger partial charge in [0.05, 0.1) is 24.8 Å². The lowest BCUT2D eigenvalue weighted by Crippen LogP contribution is -2.39. The molecule has 0 fully saturated rings. The number of methoxy groups -OCH3 is 1. The van der Waals surface area contributed by atoms with E-state index < -0.39 is 22.5 Å². The summed E-state index contributed by atoms with van der Waals surface area (Å²) in [6.07, 6.45) is 1.41. The number of benzene rings is 3. The second-order valence-electron chi connectivity index (χ2n) is 7.47. The summed E-state index contributed by atoms with van der Waals surface area (Å²) in [6.45, 7) is 1.14. The number of hydrogen-bond donors (Lipinski definition) is 1. The van der Waals surface area contributed by atoms with Gasteiger partial charge in [0, 0.05) is 32.2 Å². The zero-order chi connectivity index (χ0) is 25.6. The van der Waals surface area contributed by atoms with Crippen LogP contribution in [0.2, 0.25) is 10.0 Å². The second-order valence-corrected chi connectivity index (χ2v) is 11.1. The lowest BCUT2D eigenvalue weighted by atomic mass is 10.2. The molecule has 1 N–H and O–H groups in total. The summed E-state index contributed by atoms with van der Waals surface area (Å²) in [5.41, 5.74) is 4.28. The van der Waals surface area contributed by atoms with Crippen molar-refractivity contribution in [1.29, 1.82) is 0 Å². The number of aryl methyl sites for hydroxylation is 1. The molecule has 35 heavy (non-hydrogen) atoms. The Kier molecular flexibility index (Phi) is 9.32. The fraction of sp³-hybridized carbons (Fsp3) is 0.167. The van der Waals surface area contributed by atoms with Crippen molar-refractivity contribution in [2.75, 3.05) is 13.7 Å². The Morgan fingerprint density at radius 2 is 1.77 bits per heavy atom. The van der Waals surface area contributed by atoms with E-state index in [0.717, 1.165) is 14.3 Å². The third kappa shape index (κ3) is 7.05. The zero-order valence-corrected chi connectivity index (χ0v) is 22.7. The van der Waals surface area contributed by atoms with Crippen molar-refractivity contribution in [3.63, 3.8) is 0 Å². The van der Waals surface area contributed by atoms with Crippen molar-refractivity contribution in [2.24, 2.45) is 5.10 Å². The monoisotopic (exact) mass is 597 g/mol. The molecule has 3 rings (SSSR count). The van der Waals surface area contributed by atoms with Crippen LogP contribution in [0.5, 0.6) is 5.75 Å². The number of sulfonamides is 1. The predicted molar refractivity (Wildman–Crippen MR) is 142 cm³/mol. The normalized spacial score (nSPS) is 11.7. The van der Waals surface area contributed by atoms with Gasteiger partial charge in [0.15, 0.2) is 0 Å². The molecule has 0 heterocycles. The smallest absolute Gasteiger partial charge is 0.255 e. The lowest BCUT2D eigenvalue weighted by molar-refractivity contribution is -0.121. The Hall–Kier alpha value is -2.43. The van der Waals surface area contributed by atoms with Crippen LogP contribution in [0.3, 0.4) is 0 Å². The molecular formula is C24H22BrCl2N3O4S. The number of rotatable bonds is 9. The molecule has 0 radical (unpaired) electrons. The second kappa shape index (κ2) is 12.0. The first kappa shape index (κ1) is 27.2.